The highest BCUT2D eigenvalue weighted by atomic mass is 32.1. The minimum atomic E-state index is 0.0494. The number of rotatable bonds is 2. The molecule has 0 N–H and O–H groups in total. The van der Waals surface area contributed by atoms with Gasteiger partial charge in [0.25, 0.3) is 0 Å². The predicted octanol–water partition coefficient (Wildman–Crippen LogP) is 11.3. The normalized spacial score (nSPS) is 14.7. The molecule has 3 aromatic heterocycles. The van der Waals surface area contributed by atoms with Crippen LogP contribution >= 0.6 is 11.3 Å². The molecule has 0 spiro atoms. The topological polar surface area (TPSA) is 38.9 Å². The van der Waals surface area contributed by atoms with Crippen molar-refractivity contribution >= 4 is 64.4 Å². The molecule has 0 amide bonds. The van der Waals surface area contributed by atoms with Gasteiger partial charge in [0, 0.05) is 32.3 Å². The Balaban J connectivity index is 1.24. The monoisotopic (exact) mass is 594 g/mol. The average molecular weight is 595 g/mol. The van der Waals surface area contributed by atoms with Crippen molar-refractivity contribution in [1.82, 2.24) is 9.97 Å². The Morgan fingerprint density at radius 1 is 0.622 bits per heavy atom. The summed E-state index contributed by atoms with van der Waals surface area (Å²) in [4.78, 5) is 10.9. The van der Waals surface area contributed by atoms with Gasteiger partial charge in [-0.25, -0.2) is 9.97 Å². The maximum Gasteiger partial charge on any atom is 0.144 e. The molecule has 0 radical (unpaired) electrons. The molecule has 1 aliphatic carbocycles. The highest BCUT2D eigenvalue weighted by molar-refractivity contribution is 7.26. The molecule has 1 aliphatic rings. The molecule has 0 saturated heterocycles. The van der Waals surface area contributed by atoms with Crippen LogP contribution in [0.15, 0.2) is 132 Å². The second kappa shape index (κ2) is 9.59. The number of aromatic nitrogens is 2. The molecular weight excluding hydrogens is 569 g/mol. The average Bonchev–Trinajstić information content (AvgIpc) is 3.62. The second-order valence-corrected chi connectivity index (χ2v) is 13.1. The maximum atomic E-state index is 6.55. The summed E-state index contributed by atoms with van der Waals surface area (Å²) < 4.78 is 8.87. The maximum absolute atomic E-state index is 6.55. The Morgan fingerprint density at radius 3 is 2.29 bits per heavy atom. The third kappa shape index (κ3) is 3.76. The summed E-state index contributed by atoms with van der Waals surface area (Å²) in [6, 6.07) is 45.6. The van der Waals surface area contributed by atoms with Gasteiger partial charge < -0.3 is 4.42 Å². The fraction of sp³-hybridized carbons (Fsp3) is 0.0732. The van der Waals surface area contributed by atoms with Crippen LogP contribution in [0.2, 0.25) is 0 Å². The van der Waals surface area contributed by atoms with E-state index in [2.05, 4.69) is 115 Å². The first kappa shape index (κ1) is 25.1. The minimum absolute atomic E-state index is 0.0494. The van der Waals surface area contributed by atoms with E-state index in [0.717, 1.165) is 62.1 Å². The van der Waals surface area contributed by atoms with Gasteiger partial charge in [0.1, 0.15) is 17.0 Å². The second-order valence-electron chi connectivity index (χ2n) is 12.0. The van der Waals surface area contributed by atoms with Crippen LogP contribution in [0.4, 0.5) is 0 Å². The molecule has 0 fully saturated rings. The van der Waals surface area contributed by atoms with Crippen LogP contribution in [0.25, 0.3) is 75.4 Å². The molecule has 9 aromatic rings. The molecule has 10 rings (SSSR count). The number of para-hydroxylation sites is 2. The molecule has 1 atom stereocenters. The van der Waals surface area contributed by atoms with Crippen molar-refractivity contribution in [3.63, 3.8) is 0 Å². The molecule has 4 heteroatoms. The van der Waals surface area contributed by atoms with Crippen LogP contribution in [0, 0.1) is 0 Å². The molecule has 0 bridgehead atoms. The number of aryl methyl sites for hydroxylation is 1. The quantitative estimate of drug-likeness (QED) is 0.200. The van der Waals surface area contributed by atoms with Crippen LogP contribution in [0.5, 0.6) is 0 Å². The largest absolute Gasteiger partial charge is 0.455 e. The van der Waals surface area contributed by atoms with E-state index in [1.54, 1.807) is 11.3 Å². The number of fused-ring (bicyclic) bond motifs is 10. The molecular formula is C41H26N2OS. The van der Waals surface area contributed by atoms with E-state index < -0.39 is 0 Å². The van der Waals surface area contributed by atoms with Gasteiger partial charge in [-0.1, -0.05) is 103 Å². The first-order valence-electron chi connectivity index (χ1n) is 15.5. The lowest BCUT2D eigenvalue weighted by Crippen LogP contribution is -2.08. The molecule has 6 aromatic carbocycles. The van der Waals surface area contributed by atoms with E-state index in [4.69, 9.17) is 14.4 Å². The highest BCUT2D eigenvalue weighted by Crippen LogP contribution is 2.46. The number of nitrogens with zero attached hydrogens (tertiary/aromatic N) is 2. The molecule has 3 heterocycles. The first-order valence-corrected chi connectivity index (χ1v) is 16.3. The fourth-order valence-corrected chi connectivity index (χ4v) is 8.54. The molecule has 0 saturated carbocycles. The van der Waals surface area contributed by atoms with Crippen molar-refractivity contribution < 1.29 is 4.42 Å². The van der Waals surface area contributed by atoms with E-state index in [1.807, 2.05) is 12.1 Å². The summed E-state index contributed by atoms with van der Waals surface area (Å²) in [6.07, 6.45) is 1.89. The third-order valence-electron chi connectivity index (χ3n) is 9.51. The molecule has 0 unspecified atom stereocenters. The van der Waals surface area contributed by atoms with Gasteiger partial charge in [0.2, 0.25) is 0 Å². The lowest BCUT2D eigenvalue weighted by atomic mass is 9.90. The summed E-state index contributed by atoms with van der Waals surface area (Å²) in [6.45, 7) is 0. The first-order chi connectivity index (χ1) is 22.3. The molecule has 3 nitrogen and oxygen atoms in total. The van der Waals surface area contributed by atoms with Crippen molar-refractivity contribution in [2.75, 3.05) is 0 Å². The lowest BCUT2D eigenvalue weighted by molar-refractivity contribution is 0.669. The summed E-state index contributed by atoms with van der Waals surface area (Å²) in [5, 5.41) is 5.97. The predicted molar refractivity (Wildman–Crippen MR) is 187 cm³/mol. The van der Waals surface area contributed by atoms with Crippen LogP contribution in [0.3, 0.4) is 0 Å². The summed E-state index contributed by atoms with van der Waals surface area (Å²) in [5.74, 6) is 0.923. The van der Waals surface area contributed by atoms with E-state index in [-0.39, 0.29) is 5.92 Å². The number of thiophene rings is 1. The van der Waals surface area contributed by atoms with Crippen molar-refractivity contribution in [2.45, 2.75) is 18.8 Å². The summed E-state index contributed by atoms with van der Waals surface area (Å²) >= 11 is 1.77. The molecule has 45 heavy (non-hydrogen) atoms. The summed E-state index contributed by atoms with van der Waals surface area (Å²) in [5.41, 5.74) is 10.0. The van der Waals surface area contributed by atoms with Crippen molar-refractivity contribution in [1.29, 1.82) is 0 Å². The van der Waals surface area contributed by atoms with Crippen LogP contribution in [-0.2, 0) is 6.42 Å². The van der Waals surface area contributed by atoms with E-state index in [9.17, 15) is 0 Å². The van der Waals surface area contributed by atoms with Gasteiger partial charge in [0.15, 0.2) is 0 Å². The zero-order chi connectivity index (χ0) is 29.5. The Morgan fingerprint density at radius 2 is 1.36 bits per heavy atom. The van der Waals surface area contributed by atoms with Gasteiger partial charge >= 0.3 is 0 Å². The Labute approximate surface area is 263 Å². The van der Waals surface area contributed by atoms with Crippen LogP contribution < -0.4 is 0 Å². The Kier molecular flexibility index (Phi) is 5.34. The smallest absolute Gasteiger partial charge is 0.144 e. The third-order valence-corrected chi connectivity index (χ3v) is 10.7. The lowest BCUT2D eigenvalue weighted by Gasteiger charge is -2.18. The van der Waals surface area contributed by atoms with Crippen molar-refractivity contribution in [3.05, 3.63) is 144 Å². The zero-order valence-electron chi connectivity index (χ0n) is 24.3. The van der Waals surface area contributed by atoms with Gasteiger partial charge in [-0.15, -0.1) is 11.3 Å². The fourth-order valence-electron chi connectivity index (χ4n) is 7.39. The number of hydrogen-bond donors (Lipinski definition) is 0. The van der Waals surface area contributed by atoms with E-state index in [1.165, 1.54) is 43.1 Å². The molecule has 212 valence electrons. The van der Waals surface area contributed by atoms with Crippen LogP contribution in [-0.4, -0.2) is 9.97 Å². The van der Waals surface area contributed by atoms with Gasteiger partial charge in [-0.05, 0) is 70.1 Å². The number of furan rings is 1. The van der Waals surface area contributed by atoms with Gasteiger partial charge in [-0.3, -0.25) is 0 Å². The minimum Gasteiger partial charge on any atom is -0.455 e. The summed E-state index contributed by atoms with van der Waals surface area (Å²) in [7, 11) is 0. The van der Waals surface area contributed by atoms with E-state index >= 15 is 0 Å². The Bertz CT molecular complexity index is 2630. The van der Waals surface area contributed by atoms with Crippen molar-refractivity contribution in [2.24, 2.45) is 0 Å². The SMILES string of the molecule is c1ccc2c(c1)-c1cc3ccccc3cc1CC[C@H]2c1nc(-c2cccc3c2oc2ccccc23)c2sc3ccccc3c2n1. The van der Waals surface area contributed by atoms with Crippen LogP contribution in [0.1, 0.15) is 29.3 Å². The zero-order valence-corrected chi connectivity index (χ0v) is 25.1. The van der Waals surface area contributed by atoms with E-state index in [0.29, 0.717) is 0 Å². The standard InChI is InChI=1S/C41H26N2OS/c1-2-11-25-23-34-26(22-24(25)10-1)20-21-31(27-12-3-4-13-28(27)34)41-42-37-32-15-6-8-19-36(32)45-40(37)38(43-41)33-17-9-16-30-29-14-5-7-18-35(29)44-39(30)33/h1-19,22-23,31H,20-21H2/t31-/m1/s1. The number of benzene rings is 6. The number of hydrogen-bond acceptors (Lipinski definition) is 4. The highest BCUT2D eigenvalue weighted by Gasteiger charge is 2.28. The van der Waals surface area contributed by atoms with Gasteiger partial charge in [0.05, 0.1) is 15.9 Å². The van der Waals surface area contributed by atoms with Gasteiger partial charge in [-0.2, -0.15) is 0 Å². The van der Waals surface area contributed by atoms with Crippen molar-refractivity contribution in [3.8, 4) is 22.4 Å². The Hall–Kier alpha value is -5.32. The molecule has 0 aliphatic heterocycles.